The number of benzene rings is 1. The Morgan fingerprint density at radius 1 is 1.33 bits per heavy atom. The van der Waals surface area contributed by atoms with Gasteiger partial charge in [0, 0.05) is 13.1 Å². The number of hydrogen-bond donors (Lipinski definition) is 1. The maximum absolute atomic E-state index is 13.0. The second-order valence-corrected chi connectivity index (χ2v) is 7.00. The molecule has 1 fully saturated rings. The van der Waals surface area contributed by atoms with Crippen molar-refractivity contribution in [3.8, 4) is 0 Å². The molecule has 1 saturated carbocycles. The van der Waals surface area contributed by atoms with Gasteiger partial charge in [0.1, 0.15) is 0 Å². The summed E-state index contributed by atoms with van der Waals surface area (Å²) in [7, 11) is 0. The number of hydrogen-bond acceptors (Lipinski definition) is 2. The quantitative estimate of drug-likeness (QED) is 0.854. The highest BCUT2D eigenvalue weighted by molar-refractivity contribution is 7.80. The summed E-state index contributed by atoms with van der Waals surface area (Å²) in [4.78, 5) is 15.4. The van der Waals surface area contributed by atoms with Crippen LogP contribution in [-0.4, -0.2) is 22.3 Å². The predicted octanol–water partition coefficient (Wildman–Crippen LogP) is 2.66. The number of rotatable bonds is 2. The van der Waals surface area contributed by atoms with Crippen LogP contribution in [0.1, 0.15) is 37.3 Å². The van der Waals surface area contributed by atoms with Gasteiger partial charge in [-0.25, -0.2) is 0 Å². The zero-order valence-corrected chi connectivity index (χ0v) is 13.3. The Hall–Kier alpha value is -1.42. The Kier molecular flexibility index (Phi) is 3.74. The lowest BCUT2D eigenvalue weighted by atomic mass is 9.61. The molecule has 2 aliphatic rings. The van der Waals surface area contributed by atoms with Crippen molar-refractivity contribution in [1.29, 1.82) is 0 Å². The molecule has 1 aromatic rings. The number of thiocarbonyl (C=S) groups is 1. The molecule has 0 radical (unpaired) electrons. The topological polar surface area (TPSA) is 46.3 Å². The van der Waals surface area contributed by atoms with Crippen molar-refractivity contribution in [3.05, 3.63) is 35.4 Å². The van der Waals surface area contributed by atoms with E-state index in [0.29, 0.717) is 17.5 Å². The number of carbonyl (C=O) groups is 1. The third-order valence-electron chi connectivity index (χ3n) is 4.92. The minimum atomic E-state index is -0.575. The van der Waals surface area contributed by atoms with E-state index in [0.717, 1.165) is 32.2 Å². The highest BCUT2D eigenvalue weighted by Crippen LogP contribution is 2.47. The van der Waals surface area contributed by atoms with E-state index < -0.39 is 5.41 Å². The van der Waals surface area contributed by atoms with Crippen LogP contribution in [0.4, 0.5) is 0 Å². The van der Waals surface area contributed by atoms with Crippen LogP contribution in [0, 0.1) is 11.3 Å². The maximum Gasteiger partial charge on any atom is 0.235 e. The smallest absolute Gasteiger partial charge is 0.235 e. The summed E-state index contributed by atoms with van der Waals surface area (Å²) >= 11 is 5.22. The molecule has 21 heavy (non-hydrogen) atoms. The predicted molar refractivity (Wildman–Crippen MR) is 87.8 cm³/mol. The van der Waals surface area contributed by atoms with Crippen molar-refractivity contribution in [2.75, 3.05) is 6.54 Å². The van der Waals surface area contributed by atoms with Gasteiger partial charge in [-0.15, -0.1) is 0 Å². The SMILES string of the molecule is CC1CC(C(=O)N2CCCc3ccccc3C2)(C(N)=S)C1. The van der Waals surface area contributed by atoms with Gasteiger partial charge >= 0.3 is 0 Å². The molecule has 0 spiro atoms. The Morgan fingerprint density at radius 3 is 2.62 bits per heavy atom. The summed E-state index contributed by atoms with van der Waals surface area (Å²) in [5.41, 5.74) is 7.96. The van der Waals surface area contributed by atoms with Gasteiger partial charge in [0.25, 0.3) is 0 Å². The van der Waals surface area contributed by atoms with Crippen LogP contribution in [0.2, 0.25) is 0 Å². The zero-order chi connectivity index (χ0) is 15.0. The largest absolute Gasteiger partial charge is 0.392 e. The molecule has 1 amide bonds. The average Bonchev–Trinajstić information content (AvgIpc) is 2.64. The van der Waals surface area contributed by atoms with Crippen molar-refractivity contribution in [1.82, 2.24) is 4.90 Å². The van der Waals surface area contributed by atoms with Crippen molar-refractivity contribution >= 4 is 23.1 Å². The molecule has 1 aliphatic heterocycles. The number of amides is 1. The molecule has 0 atom stereocenters. The normalized spacial score (nSPS) is 28.2. The molecule has 1 aromatic carbocycles. The second-order valence-electron chi connectivity index (χ2n) is 6.56. The second kappa shape index (κ2) is 5.41. The third kappa shape index (κ3) is 2.46. The molecule has 3 rings (SSSR count). The Bertz CT molecular complexity index is 578. The van der Waals surface area contributed by atoms with E-state index in [2.05, 4.69) is 25.1 Å². The third-order valence-corrected chi connectivity index (χ3v) is 5.31. The molecule has 2 N–H and O–H groups in total. The molecular formula is C17H22N2OS. The van der Waals surface area contributed by atoms with E-state index in [9.17, 15) is 4.79 Å². The van der Waals surface area contributed by atoms with E-state index in [-0.39, 0.29) is 5.91 Å². The molecule has 1 heterocycles. The summed E-state index contributed by atoms with van der Waals surface area (Å²) in [6.07, 6.45) is 3.65. The fourth-order valence-electron chi connectivity index (χ4n) is 3.79. The van der Waals surface area contributed by atoms with Gasteiger partial charge in [-0.05, 0) is 42.7 Å². The Morgan fingerprint density at radius 2 is 2.00 bits per heavy atom. The number of nitrogens with two attached hydrogens (primary N) is 1. The first kappa shape index (κ1) is 14.5. The van der Waals surface area contributed by atoms with Gasteiger partial charge in [-0.1, -0.05) is 43.4 Å². The molecule has 0 unspecified atom stereocenters. The van der Waals surface area contributed by atoms with Crippen LogP contribution in [0.25, 0.3) is 0 Å². The van der Waals surface area contributed by atoms with Crippen molar-refractivity contribution in [2.24, 2.45) is 17.1 Å². The molecule has 1 aliphatic carbocycles. The van der Waals surface area contributed by atoms with Crippen molar-refractivity contribution < 1.29 is 4.79 Å². The maximum atomic E-state index is 13.0. The van der Waals surface area contributed by atoms with E-state index in [1.54, 1.807) is 0 Å². The fraction of sp³-hybridized carbons (Fsp3) is 0.529. The molecule has 112 valence electrons. The Labute approximate surface area is 131 Å². The summed E-state index contributed by atoms with van der Waals surface area (Å²) in [5, 5.41) is 0. The Balaban J connectivity index is 1.84. The highest BCUT2D eigenvalue weighted by atomic mass is 32.1. The van der Waals surface area contributed by atoms with Gasteiger partial charge in [-0.3, -0.25) is 4.79 Å². The molecule has 0 saturated heterocycles. The van der Waals surface area contributed by atoms with Crippen LogP contribution in [0.3, 0.4) is 0 Å². The minimum absolute atomic E-state index is 0.143. The number of carbonyl (C=O) groups excluding carboxylic acids is 1. The van der Waals surface area contributed by atoms with Crippen LogP contribution in [0.15, 0.2) is 24.3 Å². The van der Waals surface area contributed by atoms with E-state index >= 15 is 0 Å². The highest BCUT2D eigenvalue weighted by Gasteiger charge is 2.52. The molecule has 0 aromatic heterocycles. The number of nitrogens with zero attached hydrogens (tertiary/aromatic N) is 1. The first-order chi connectivity index (χ1) is 10.0. The van der Waals surface area contributed by atoms with Gasteiger partial charge in [0.05, 0.1) is 10.4 Å². The fourth-order valence-corrected chi connectivity index (χ4v) is 4.04. The minimum Gasteiger partial charge on any atom is -0.392 e. The van der Waals surface area contributed by atoms with Crippen molar-refractivity contribution in [3.63, 3.8) is 0 Å². The summed E-state index contributed by atoms with van der Waals surface area (Å²) in [6, 6.07) is 8.40. The molecule has 3 nitrogen and oxygen atoms in total. The summed E-state index contributed by atoms with van der Waals surface area (Å²) in [5.74, 6) is 0.680. The van der Waals surface area contributed by atoms with Gasteiger partial charge in [-0.2, -0.15) is 0 Å². The van der Waals surface area contributed by atoms with E-state index in [1.807, 2.05) is 11.0 Å². The molecular weight excluding hydrogens is 280 g/mol. The van der Waals surface area contributed by atoms with Crippen LogP contribution >= 0.6 is 12.2 Å². The van der Waals surface area contributed by atoms with Gasteiger partial charge in [0.15, 0.2) is 0 Å². The first-order valence-corrected chi connectivity index (χ1v) is 8.10. The number of aryl methyl sites for hydroxylation is 1. The lowest BCUT2D eigenvalue weighted by Crippen LogP contribution is -2.56. The molecule has 0 bridgehead atoms. The average molecular weight is 302 g/mol. The van der Waals surface area contributed by atoms with Gasteiger partial charge < -0.3 is 10.6 Å². The van der Waals surface area contributed by atoms with E-state index in [1.165, 1.54) is 11.1 Å². The zero-order valence-electron chi connectivity index (χ0n) is 12.5. The number of fused-ring (bicyclic) bond motifs is 1. The lowest BCUT2D eigenvalue weighted by Gasteiger charge is -2.46. The standard InChI is InChI=1S/C17H22N2OS/c1-12-9-17(10-12,15(18)21)16(20)19-8-4-7-13-5-2-3-6-14(13)11-19/h2-3,5-6,12H,4,7-11H2,1H3,(H2,18,21). The van der Waals surface area contributed by atoms with Crippen LogP contribution in [0.5, 0.6) is 0 Å². The van der Waals surface area contributed by atoms with E-state index in [4.69, 9.17) is 18.0 Å². The molecule has 4 heteroatoms. The van der Waals surface area contributed by atoms with Gasteiger partial charge in [0.2, 0.25) is 5.91 Å². The lowest BCUT2D eigenvalue weighted by molar-refractivity contribution is -0.144. The monoisotopic (exact) mass is 302 g/mol. The first-order valence-electron chi connectivity index (χ1n) is 7.69. The van der Waals surface area contributed by atoms with Crippen molar-refractivity contribution in [2.45, 2.75) is 39.2 Å². The summed E-state index contributed by atoms with van der Waals surface area (Å²) in [6.45, 7) is 3.64. The van der Waals surface area contributed by atoms with Crippen LogP contribution < -0.4 is 5.73 Å². The van der Waals surface area contributed by atoms with Crippen LogP contribution in [-0.2, 0) is 17.8 Å². The summed E-state index contributed by atoms with van der Waals surface area (Å²) < 4.78 is 0.